The highest BCUT2D eigenvalue weighted by Gasteiger charge is 2.38. The zero-order valence-corrected chi connectivity index (χ0v) is 15.9. The minimum absolute atomic E-state index is 0.137. The van der Waals surface area contributed by atoms with Gasteiger partial charge in [0.1, 0.15) is 17.8 Å². The summed E-state index contributed by atoms with van der Waals surface area (Å²) < 4.78 is 10.4. The first kappa shape index (κ1) is 17.9. The van der Waals surface area contributed by atoms with Gasteiger partial charge in [-0.05, 0) is 43.0 Å². The Morgan fingerprint density at radius 2 is 2.26 bits per heavy atom. The molecule has 2 aromatic rings. The Morgan fingerprint density at radius 1 is 1.37 bits per heavy atom. The van der Waals surface area contributed by atoms with Crippen LogP contribution in [-0.4, -0.2) is 53.7 Å². The number of esters is 1. The van der Waals surface area contributed by atoms with Crippen molar-refractivity contribution in [1.82, 2.24) is 9.91 Å². The van der Waals surface area contributed by atoms with Crippen LogP contribution in [-0.2, 0) is 14.3 Å². The van der Waals surface area contributed by atoms with Crippen LogP contribution in [0.1, 0.15) is 35.9 Å². The summed E-state index contributed by atoms with van der Waals surface area (Å²) >= 11 is 1.60. The number of methoxy groups -OCH3 is 1. The normalized spacial score (nSPS) is 22.9. The lowest BCUT2D eigenvalue weighted by Crippen LogP contribution is -2.43. The van der Waals surface area contributed by atoms with Crippen LogP contribution in [0.3, 0.4) is 0 Å². The fourth-order valence-electron chi connectivity index (χ4n) is 3.70. The molecule has 27 heavy (non-hydrogen) atoms. The zero-order chi connectivity index (χ0) is 18.8. The van der Waals surface area contributed by atoms with E-state index in [-0.39, 0.29) is 30.5 Å². The van der Waals surface area contributed by atoms with Crippen molar-refractivity contribution in [3.05, 3.63) is 46.5 Å². The first-order valence-corrected chi connectivity index (χ1v) is 9.84. The smallest absolute Gasteiger partial charge is 0.323 e. The molecule has 2 atom stereocenters. The number of likely N-dealkylation sites (tertiary alicyclic amines) is 1. The van der Waals surface area contributed by atoms with E-state index in [0.29, 0.717) is 25.1 Å². The Balaban J connectivity index is 1.55. The largest absolute Gasteiger partial charge is 0.468 e. The van der Waals surface area contributed by atoms with Gasteiger partial charge in [-0.15, -0.1) is 11.3 Å². The van der Waals surface area contributed by atoms with Crippen LogP contribution in [0.4, 0.5) is 0 Å². The molecule has 4 rings (SSSR count). The van der Waals surface area contributed by atoms with Gasteiger partial charge in [0.2, 0.25) is 0 Å². The van der Waals surface area contributed by atoms with E-state index in [4.69, 9.17) is 9.15 Å². The number of ether oxygens (including phenoxy) is 1. The molecule has 4 heterocycles. The van der Waals surface area contributed by atoms with E-state index < -0.39 is 0 Å². The minimum atomic E-state index is -0.357. The zero-order valence-electron chi connectivity index (χ0n) is 15.0. The highest BCUT2D eigenvalue weighted by molar-refractivity contribution is 7.12. The molecule has 0 spiro atoms. The molecule has 7 nitrogen and oxygen atoms in total. The monoisotopic (exact) mass is 387 g/mol. The van der Waals surface area contributed by atoms with Crippen LogP contribution in [0, 0.1) is 0 Å². The van der Waals surface area contributed by atoms with Crippen LogP contribution in [0.25, 0.3) is 0 Å². The van der Waals surface area contributed by atoms with Gasteiger partial charge in [0.15, 0.2) is 0 Å². The number of thiophene rings is 1. The Hall–Kier alpha value is -2.45. The maximum absolute atomic E-state index is 13.1. The van der Waals surface area contributed by atoms with Gasteiger partial charge < -0.3 is 9.15 Å². The van der Waals surface area contributed by atoms with E-state index in [1.54, 1.807) is 17.6 Å². The molecule has 2 aliphatic rings. The third-order valence-electron chi connectivity index (χ3n) is 5.02. The Bertz CT molecular complexity index is 831. The molecule has 1 fully saturated rings. The summed E-state index contributed by atoms with van der Waals surface area (Å²) in [4.78, 5) is 28.0. The summed E-state index contributed by atoms with van der Waals surface area (Å²) in [6.07, 6.45) is 3.80. The highest BCUT2D eigenvalue weighted by Crippen LogP contribution is 2.34. The Kier molecular flexibility index (Phi) is 5.09. The Labute approximate surface area is 161 Å². The van der Waals surface area contributed by atoms with Crippen LogP contribution in [0.15, 0.2) is 45.4 Å². The van der Waals surface area contributed by atoms with Gasteiger partial charge >= 0.3 is 5.97 Å². The number of hydrogen-bond donors (Lipinski definition) is 0. The van der Waals surface area contributed by atoms with Crippen molar-refractivity contribution in [2.45, 2.75) is 31.3 Å². The second kappa shape index (κ2) is 7.66. The number of furan rings is 1. The molecular weight excluding hydrogens is 366 g/mol. The number of hydrogen-bond acceptors (Lipinski definition) is 7. The fraction of sp³-hybridized carbons (Fsp3) is 0.421. The second-order valence-corrected chi connectivity index (χ2v) is 7.60. The van der Waals surface area contributed by atoms with Crippen molar-refractivity contribution in [2.24, 2.45) is 5.10 Å². The van der Waals surface area contributed by atoms with E-state index in [9.17, 15) is 9.59 Å². The minimum Gasteiger partial charge on any atom is -0.468 e. The van der Waals surface area contributed by atoms with Crippen LogP contribution >= 0.6 is 11.3 Å². The average molecular weight is 387 g/mol. The molecule has 8 heteroatoms. The molecule has 142 valence electrons. The summed E-state index contributed by atoms with van der Waals surface area (Å²) in [6.45, 7) is 0.838. The molecule has 0 bridgehead atoms. The van der Waals surface area contributed by atoms with Crippen molar-refractivity contribution in [3.63, 3.8) is 0 Å². The van der Waals surface area contributed by atoms with Crippen LogP contribution in [0.2, 0.25) is 0 Å². The average Bonchev–Trinajstić information content (AvgIpc) is 3.47. The molecular formula is C19H21N3O4S. The molecule has 0 aliphatic carbocycles. The molecule has 1 amide bonds. The van der Waals surface area contributed by atoms with Gasteiger partial charge in [0.25, 0.3) is 5.91 Å². The number of hydrazone groups is 1. The molecule has 0 N–H and O–H groups in total. The van der Waals surface area contributed by atoms with Crippen LogP contribution in [0.5, 0.6) is 0 Å². The topological polar surface area (TPSA) is 75.3 Å². The van der Waals surface area contributed by atoms with Gasteiger partial charge in [-0.25, -0.2) is 5.01 Å². The van der Waals surface area contributed by atoms with E-state index in [1.165, 1.54) is 12.1 Å². The number of amides is 1. The summed E-state index contributed by atoms with van der Waals surface area (Å²) in [7, 11) is 1.38. The molecule has 1 saturated heterocycles. The summed E-state index contributed by atoms with van der Waals surface area (Å²) in [5.41, 5.74) is 0.880. The number of carbonyl (C=O) groups excluding carboxylic acids is 2. The lowest BCUT2D eigenvalue weighted by Gasteiger charge is -2.25. The lowest BCUT2D eigenvalue weighted by atomic mass is 10.1. The number of rotatable bonds is 5. The lowest BCUT2D eigenvalue weighted by molar-refractivity contribution is -0.147. The van der Waals surface area contributed by atoms with Gasteiger partial charge in [-0.2, -0.15) is 5.10 Å². The van der Waals surface area contributed by atoms with Gasteiger partial charge in [0.05, 0.1) is 30.5 Å². The fourth-order valence-corrected chi connectivity index (χ4v) is 4.42. The van der Waals surface area contributed by atoms with Crippen molar-refractivity contribution in [3.8, 4) is 0 Å². The number of carbonyl (C=O) groups is 2. The van der Waals surface area contributed by atoms with Crippen molar-refractivity contribution >= 4 is 28.9 Å². The maximum Gasteiger partial charge on any atom is 0.323 e. The quantitative estimate of drug-likeness (QED) is 0.738. The Morgan fingerprint density at radius 3 is 2.96 bits per heavy atom. The first-order valence-electron chi connectivity index (χ1n) is 8.96. The predicted molar refractivity (Wildman–Crippen MR) is 100 cm³/mol. The summed E-state index contributed by atoms with van der Waals surface area (Å²) in [5.74, 6) is 0.287. The molecule has 0 aromatic carbocycles. The second-order valence-electron chi connectivity index (χ2n) is 6.65. The van der Waals surface area contributed by atoms with Crippen LogP contribution < -0.4 is 0 Å². The molecule has 0 saturated carbocycles. The van der Waals surface area contributed by atoms with Crippen molar-refractivity contribution < 1.29 is 18.7 Å². The maximum atomic E-state index is 13.1. The third-order valence-corrected chi connectivity index (χ3v) is 5.94. The summed E-state index contributed by atoms with van der Waals surface area (Å²) in [5, 5.41) is 8.12. The first-order chi connectivity index (χ1) is 13.2. The highest BCUT2D eigenvalue weighted by atomic mass is 32.1. The molecule has 2 aliphatic heterocycles. The molecule has 0 radical (unpaired) electrons. The SMILES string of the molecule is COC(=O)C1CCCN1CC(=O)N1N=C(c2cccs2)CC1c1ccco1. The predicted octanol–water partition coefficient (Wildman–Crippen LogP) is 2.66. The van der Waals surface area contributed by atoms with Gasteiger partial charge in [-0.1, -0.05) is 6.07 Å². The molecule has 2 aromatic heterocycles. The van der Waals surface area contributed by atoms with Gasteiger partial charge in [0, 0.05) is 6.42 Å². The van der Waals surface area contributed by atoms with E-state index >= 15 is 0 Å². The third kappa shape index (κ3) is 3.54. The number of nitrogens with zero attached hydrogens (tertiary/aromatic N) is 3. The summed E-state index contributed by atoms with van der Waals surface area (Å²) in [6, 6.07) is 7.04. The van der Waals surface area contributed by atoms with Crippen molar-refractivity contribution in [2.75, 3.05) is 20.2 Å². The van der Waals surface area contributed by atoms with E-state index in [0.717, 1.165) is 17.0 Å². The molecule has 2 unspecified atom stereocenters. The van der Waals surface area contributed by atoms with Gasteiger partial charge in [-0.3, -0.25) is 14.5 Å². The van der Waals surface area contributed by atoms with E-state index in [1.807, 2.05) is 34.5 Å². The van der Waals surface area contributed by atoms with Crippen molar-refractivity contribution in [1.29, 1.82) is 0 Å². The van der Waals surface area contributed by atoms with E-state index in [2.05, 4.69) is 5.10 Å². The standard InChI is InChI=1S/C19H21N3O4S/c1-25-19(24)14-5-2-8-21(14)12-18(23)22-15(16-6-3-9-26-16)11-13(20-22)17-7-4-10-27-17/h3-4,6-7,9-10,14-15H,2,5,8,11-12H2,1H3.